The lowest BCUT2D eigenvalue weighted by Gasteiger charge is -2.36. The Balaban J connectivity index is 1.27. The molecule has 4 rings (SSSR count). The predicted molar refractivity (Wildman–Crippen MR) is 106 cm³/mol. The van der Waals surface area contributed by atoms with Crippen LogP contribution in [-0.4, -0.2) is 60.5 Å². The standard InChI is InChI=1S/C22H30F3N3O/c1-15-6-9-28(14-15)21(29)20-12-19(13-26-20)27-10-7-17(8-11-27)16-2-4-18(5-3-16)22(23,24)25/h2-5,15,17,19-20,26H,6-14H2,1H3/t15?,19-,20-/m0/s1. The van der Waals surface area contributed by atoms with E-state index in [0.29, 0.717) is 17.9 Å². The molecule has 3 aliphatic heterocycles. The molecule has 1 aromatic carbocycles. The van der Waals surface area contributed by atoms with Crippen LogP contribution in [0.3, 0.4) is 0 Å². The molecule has 160 valence electrons. The molecule has 29 heavy (non-hydrogen) atoms. The molecule has 3 fully saturated rings. The molecule has 1 aromatic rings. The Morgan fingerprint density at radius 1 is 1.07 bits per heavy atom. The first kappa shape index (κ1) is 20.7. The lowest BCUT2D eigenvalue weighted by molar-refractivity contribution is -0.137. The largest absolute Gasteiger partial charge is 0.416 e. The van der Waals surface area contributed by atoms with Gasteiger partial charge in [-0.05, 0) is 68.3 Å². The lowest BCUT2D eigenvalue weighted by atomic mass is 9.88. The average molecular weight is 409 g/mol. The van der Waals surface area contributed by atoms with E-state index in [4.69, 9.17) is 0 Å². The summed E-state index contributed by atoms with van der Waals surface area (Å²) < 4.78 is 38.3. The zero-order chi connectivity index (χ0) is 20.6. The van der Waals surface area contributed by atoms with Gasteiger partial charge in [-0.25, -0.2) is 0 Å². The highest BCUT2D eigenvalue weighted by Crippen LogP contribution is 2.34. The van der Waals surface area contributed by atoms with Gasteiger partial charge in [0.1, 0.15) is 0 Å². The van der Waals surface area contributed by atoms with E-state index in [0.717, 1.165) is 64.0 Å². The van der Waals surface area contributed by atoms with Crippen molar-refractivity contribution in [2.24, 2.45) is 5.92 Å². The van der Waals surface area contributed by atoms with Crippen LogP contribution in [0.25, 0.3) is 0 Å². The van der Waals surface area contributed by atoms with Crippen LogP contribution < -0.4 is 5.32 Å². The maximum Gasteiger partial charge on any atom is 0.416 e. The van der Waals surface area contributed by atoms with Gasteiger partial charge in [0.15, 0.2) is 0 Å². The Labute approximate surface area is 170 Å². The Hall–Kier alpha value is -1.60. The fourth-order valence-electron chi connectivity index (χ4n) is 5.08. The first-order valence-corrected chi connectivity index (χ1v) is 10.7. The van der Waals surface area contributed by atoms with Gasteiger partial charge in [-0.3, -0.25) is 9.69 Å². The van der Waals surface area contributed by atoms with E-state index in [1.807, 2.05) is 4.90 Å². The Kier molecular flexibility index (Phi) is 5.89. The fourth-order valence-corrected chi connectivity index (χ4v) is 5.08. The molecule has 1 N–H and O–H groups in total. The second kappa shape index (κ2) is 8.26. The van der Waals surface area contributed by atoms with Crippen LogP contribution >= 0.6 is 0 Å². The Bertz CT molecular complexity index is 713. The quantitative estimate of drug-likeness (QED) is 0.830. The van der Waals surface area contributed by atoms with Crippen LogP contribution in [0.4, 0.5) is 13.2 Å². The van der Waals surface area contributed by atoms with E-state index in [1.165, 1.54) is 12.1 Å². The summed E-state index contributed by atoms with van der Waals surface area (Å²) in [6.45, 7) is 6.64. The number of alkyl halides is 3. The number of piperidine rings is 1. The monoisotopic (exact) mass is 409 g/mol. The second-order valence-corrected chi connectivity index (χ2v) is 8.96. The summed E-state index contributed by atoms with van der Waals surface area (Å²) in [7, 11) is 0. The van der Waals surface area contributed by atoms with Gasteiger partial charge in [0.25, 0.3) is 0 Å². The molecule has 0 bridgehead atoms. The van der Waals surface area contributed by atoms with Crippen molar-refractivity contribution in [2.75, 3.05) is 32.7 Å². The van der Waals surface area contributed by atoms with Crippen LogP contribution in [0, 0.1) is 5.92 Å². The molecule has 3 heterocycles. The van der Waals surface area contributed by atoms with Crippen molar-refractivity contribution in [1.29, 1.82) is 0 Å². The number of benzene rings is 1. The number of nitrogens with one attached hydrogen (secondary N) is 1. The summed E-state index contributed by atoms with van der Waals surface area (Å²) in [6, 6.07) is 5.95. The van der Waals surface area contributed by atoms with Gasteiger partial charge < -0.3 is 10.2 Å². The van der Waals surface area contributed by atoms with Gasteiger partial charge in [-0.15, -0.1) is 0 Å². The topological polar surface area (TPSA) is 35.6 Å². The molecule has 0 radical (unpaired) electrons. The van der Waals surface area contributed by atoms with Gasteiger partial charge in [0, 0.05) is 25.7 Å². The highest BCUT2D eigenvalue weighted by molar-refractivity contribution is 5.82. The van der Waals surface area contributed by atoms with Crippen molar-refractivity contribution in [3.63, 3.8) is 0 Å². The molecule has 0 aromatic heterocycles. The number of amides is 1. The molecule has 3 aliphatic rings. The number of halogens is 3. The minimum absolute atomic E-state index is 0.0714. The third-order valence-electron chi connectivity index (χ3n) is 6.90. The molecule has 0 saturated carbocycles. The van der Waals surface area contributed by atoms with Gasteiger partial charge >= 0.3 is 6.18 Å². The highest BCUT2D eigenvalue weighted by atomic mass is 19.4. The van der Waals surface area contributed by atoms with Gasteiger partial charge in [-0.2, -0.15) is 13.2 Å². The zero-order valence-corrected chi connectivity index (χ0v) is 16.9. The molecule has 1 unspecified atom stereocenters. The molecule has 3 atom stereocenters. The summed E-state index contributed by atoms with van der Waals surface area (Å²) in [5, 5.41) is 3.42. The first-order chi connectivity index (χ1) is 13.8. The smallest absolute Gasteiger partial charge is 0.341 e. The minimum Gasteiger partial charge on any atom is -0.341 e. The summed E-state index contributed by atoms with van der Waals surface area (Å²) in [6.07, 6.45) is -0.430. The second-order valence-electron chi connectivity index (χ2n) is 8.96. The van der Waals surface area contributed by atoms with Crippen LogP contribution in [0.5, 0.6) is 0 Å². The van der Waals surface area contributed by atoms with Gasteiger partial charge in [0.2, 0.25) is 5.91 Å². The summed E-state index contributed by atoms with van der Waals surface area (Å²) in [4.78, 5) is 17.2. The molecule has 7 heteroatoms. The van der Waals surface area contributed by atoms with E-state index >= 15 is 0 Å². The van der Waals surface area contributed by atoms with Crippen molar-refractivity contribution >= 4 is 5.91 Å². The minimum atomic E-state index is -4.28. The average Bonchev–Trinajstić information content (AvgIpc) is 3.36. The van der Waals surface area contributed by atoms with Crippen molar-refractivity contribution < 1.29 is 18.0 Å². The number of rotatable bonds is 3. The number of hydrogen-bond donors (Lipinski definition) is 1. The van der Waals surface area contributed by atoms with Gasteiger partial charge in [-0.1, -0.05) is 19.1 Å². The van der Waals surface area contributed by atoms with Gasteiger partial charge in [0.05, 0.1) is 11.6 Å². The Morgan fingerprint density at radius 2 is 1.76 bits per heavy atom. The highest BCUT2D eigenvalue weighted by Gasteiger charge is 2.37. The maximum absolute atomic E-state index is 12.8. The van der Waals surface area contributed by atoms with Crippen LogP contribution in [-0.2, 0) is 11.0 Å². The van der Waals surface area contributed by atoms with E-state index in [9.17, 15) is 18.0 Å². The zero-order valence-electron chi connectivity index (χ0n) is 16.9. The molecular weight excluding hydrogens is 379 g/mol. The number of hydrogen-bond acceptors (Lipinski definition) is 3. The normalized spacial score (nSPS) is 29.5. The third kappa shape index (κ3) is 4.61. The molecule has 4 nitrogen and oxygen atoms in total. The molecule has 3 saturated heterocycles. The SMILES string of the molecule is CC1CCN(C(=O)[C@@H]2C[C@H](N3CCC(c4ccc(C(F)(F)F)cc4)CC3)CN2)C1. The van der Waals surface area contributed by atoms with Crippen molar-refractivity contribution in [2.45, 2.75) is 56.8 Å². The number of carbonyl (C=O) groups is 1. The number of carbonyl (C=O) groups excluding carboxylic acids is 1. The summed E-state index contributed by atoms with van der Waals surface area (Å²) in [5.74, 6) is 1.16. The van der Waals surface area contributed by atoms with Crippen LogP contribution in [0.2, 0.25) is 0 Å². The van der Waals surface area contributed by atoms with Crippen LogP contribution in [0.1, 0.15) is 49.7 Å². The van der Waals surface area contributed by atoms with E-state index < -0.39 is 11.7 Å². The Morgan fingerprint density at radius 3 is 2.34 bits per heavy atom. The lowest BCUT2D eigenvalue weighted by Crippen LogP contribution is -2.42. The van der Waals surface area contributed by atoms with Crippen molar-refractivity contribution in [3.05, 3.63) is 35.4 Å². The van der Waals surface area contributed by atoms with Crippen molar-refractivity contribution in [3.8, 4) is 0 Å². The fraction of sp³-hybridized carbons (Fsp3) is 0.682. The first-order valence-electron chi connectivity index (χ1n) is 10.7. The van der Waals surface area contributed by atoms with Crippen molar-refractivity contribution in [1.82, 2.24) is 15.1 Å². The van der Waals surface area contributed by atoms with E-state index in [2.05, 4.69) is 17.1 Å². The van der Waals surface area contributed by atoms with Crippen LogP contribution in [0.15, 0.2) is 24.3 Å². The molecule has 0 spiro atoms. The number of nitrogens with zero attached hydrogens (tertiary/aromatic N) is 2. The number of likely N-dealkylation sites (tertiary alicyclic amines) is 2. The maximum atomic E-state index is 12.8. The van der Waals surface area contributed by atoms with E-state index in [1.54, 1.807) is 12.1 Å². The summed E-state index contributed by atoms with van der Waals surface area (Å²) >= 11 is 0. The predicted octanol–water partition coefficient (Wildman–Crippen LogP) is 3.48. The van der Waals surface area contributed by atoms with E-state index in [-0.39, 0.29) is 11.9 Å². The molecule has 1 amide bonds. The molecular formula is C22H30F3N3O. The summed E-state index contributed by atoms with van der Waals surface area (Å²) in [5.41, 5.74) is 0.414. The molecule has 0 aliphatic carbocycles. The third-order valence-corrected chi connectivity index (χ3v) is 6.90.